The quantitative estimate of drug-likeness (QED) is 0.855. The highest BCUT2D eigenvalue weighted by atomic mass is 35.5. The summed E-state index contributed by atoms with van der Waals surface area (Å²) in [5.74, 6) is 0. The van der Waals surface area contributed by atoms with Crippen LogP contribution in [0.15, 0.2) is 18.2 Å². The van der Waals surface area contributed by atoms with Gasteiger partial charge in [0.25, 0.3) is 0 Å². The van der Waals surface area contributed by atoms with Crippen molar-refractivity contribution in [3.8, 4) is 0 Å². The predicted molar refractivity (Wildman–Crippen MR) is 65.5 cm³/mol. The van der Waals surface area contributed by atoms with Crippen molar-refractivity contribution in [3.05, 3.63) is 28.8 Å². The van der Waals surface area contributed by atoms with Gasteiger partial charge in [-0.25, -0.2) is 0 Å². The van der Waals surface area contributed by atoms with Crippen molar-refractivity contribution in [2.45, 2.75) is 33.4 Å². The third kappa shape index (κ3) is 2.86. The molecule has 0 aliphatic carbocycles. The molecule has 0 amide bonds. The van der Waals surface area contributed by atoms with E-state index >= 15 is 0 Å². The maximum absolute atomic E-state index is 9.28. The first-order valence-corrected chi connectivity index (χ1v) is 5.63. The first kappa shape index (κ1) is 12.3. The molecule has 0 heterocycles. The van der Waals surface area contributed by atoms with Crippen molar-refractivity contribution in [1.29, 1.82) is 0 Å². The van der Waals surface area contributed by atoms with E-state index in [1.54, 1.807) is 0 Å². The van der Waals surface area contributed by atoms with E-state index in [0.717, 1.165) is 17.8 Å². The van der Waals surface area contributed by atoms with Crippen LogP contribution < -0.4 is 4.90 Å². The highest BCUT2D eigenvalue weighted by Crippen LogP contribution is 2.25. The average molecular weight is 228 g/mol. The fourth-order valence-electron chi connectivity index (χ4n) is 1.77. The summed E-state index contributed by atoms with van der Waals surface area (Å²) in [4.78, 5) is 2.24. The molecule has 3 heteroatoms. The van der Waals surface area contributed by atoms with Crippen molar-refractivity contribution < 1.29 is 5.11 Å². The van der Waals surface area contributed by atoms with Crippen LogP contribution in [-0.2, 0) is 6.61 Å². The molecule has 0 radical (unpaired) electrons. The van der Waals surface area contributed by atoms with E-state index in [1.165, 1.54) is 0 Å². The van der Waals surface area contributed by atoms with Crippen LogP contribution in [0, 0.1) is 0 Å². The molecule has 2 nitrogen and oxygen atoms in total. The van der Waals surface area contributed by atoms with Gasteiger partial charge in [-0.05, 0) is 39.0 Å². The summed E-state index contributed by atoms with van der Waals surface area (Å²) in [7, 11) is 0. The number of aliphatic hydroxyl groups is 1. The van der Waals surface area contributed by atoms with E-state index in [1.807, 2.05) is 18.2 Å². The molecule has 0 fully saturated rings. The van der Waals surface area contributed by atoms with Crippen molar-refractivity contribution in [3.63, 3.8) is 0 Å². The highest BCUT2D eigenvalue weighted by molar-refractivity contribution is 6.30. The van der Waals surface area contributed by atoms with Gasteiger partial charge in [0, 0.05) is 28.9 Å². The lowest BCUT2D eigenvalue weighted by Crippen LogP contribution is -2.31. The van der Waals surface area contributed by atoms with Gasteiger partial charge in [0.2, 0.25) is 0 Å². The van der Waals surface area contributed by atoms with Gasteiger partial charge in [-0.1, -0.05) is 11.6 Å². The maximum atomic E-state index is 9.28. The van der Waals surface area contributed by atoms with Crippen molar-refractivity contribution >= 4 is 17.3 Å². The lowest BCUT2D eigenvalue weighted by Gasteiger charge is -2.29. The monoisotopic (exact) mass is 227 g/mol. The van der Waals surface area contributed by atoms with E-state index in [-0.39, 0.29) is 6.61 Å². The maximum Gasteiger partial charge on any atom is 0.0702 e. The molecule has 0 aliphatic rings. The predicted octanol–water partition coefficient (Wildman–Crippen LogP) is 3.07. The molecule has 0 atom stereocenters. The van der Waals surface area contributed by atoms with Crippen LogP contribution in [-0.4, -0.2) is 17.7 Å². The number of aliphatic hydroxyl groups excluding tert-OH is 1. The minimum absolute atomic E-state index is 0.0269. The van der Waals surface area contributed by atoms with E-state index in [2.05, 4.69) is 25.7 Å². The molecule has 0 aromatic heterocycles. The van der Waals surface area contributed by atoms with Gasteiger partial charge in [-0.15, -0.1) is 0 Å². The fourth-order valence-corrected chi connectivity index (χ4v) is 1.97. The topological polar surface area (TPSA) is 23.5 Å². The van der Waals surface area contributed by atoms with Crippen molar-refractivity contribution in [1.82, 2.24) is 0 Å². The molecule has 0 saturated carbocycles. The molecular weight excluding hydrogens is 210 g/mol. The molecule has 1 aromatic rings. The third-order valence-electron chi connectivity index (χ3n) is 2.49. The number of benzene rings is 1. The van der Waals surface area contributed by atoms with Crippen LogP contribution in [0.4, 0.5) is 5.69 Å². The molecule has 1 aromatic carbocycles. The number of halogens is 1. The molecule has 84 valence electrons. The second kappa shape index (κ2) is 5.38. The normalized spacial score (nSPS) is 10.8. The van der Waals surface area contributed by atoms with Gasteiger partial charge < -0.3 is 10.0 Å². The molecule has 1 rings (SSSR count). The Kier molecular flexibility index (Phi) is 4.43. The molecule has 15 heavy (non-hydrogen) atoms. The van der Waals surface area contributed by atoms with Gasteiger partial charge >= 0.3 is 0 Å². The zero-order valence-corrected chi connectivity index (χ0v) is 10.3. The van der Waals surface area contributed by atoms with Crippen LogP contribution >= 0.6 is 11.6 Å². The van der Waals surface area contributed by atoms with Crippen LogP contribution in [0.25, 0.3) is 0 Å². The molecule has 1 N–H and O–H groups in total. The standard InChI is InChI=1S/C12H18ClNO/c1-4-14(9(2)3)12-6-5-11(13)7-10(12)8-15/h5-7,9,15H,4,8H2,1-3H3. The summed E-state index contributed by atoms with van der Waals surface area (Å²) < 4.78 is 0. The van der Waals surface area contributed by atoms with E-state index in [9.17, 15) is 5.11 Å². The lowest BCUT2D eigenvalue weighted by molar-refractivity contribution is 0.282. The largest absolute Gasteiger partial charge is 0.392 e. The summed E-state index contributed by atoms with van der Waals surface area (Å²) in [5, 5.41) is 9.95. The number of hydrogen-bond donors (Lipinski definition) is 1. The minimum Gasteiger partial charge on any atom is -0.392 e. The molecule has 0 aliphatic heterocycles. The van der Waals surface area contributed by atoms with Crippen LogP contribution in [0.1, 0.15) is 26.3 Å². The Morgan fingerprint density at radius 1 is 1.40 bits per heavy atom. The van der Waals surface area contributed by atoms with Crippen molar-refractivity contribution in [2.24, 2.45) is 0 Å². The summed E-state index contributed by atoms with van der Waals surface area (Å²) in [6.07, 6.45) is 0. The average Bonchev–Trinajstić information content (AvgIpc) is 2.20. The number of nitrogens with zero attached hydrogens (tertiary/aromatic N) is 1. The third-order valence-corrected chi connectivity index (χ3v) is 2.72. The smallest absolute Gasteiger partial charge is 0.0702 e. The lowest BCUT2D eigenvalue weighted by atomic mass is 10.1. The molecule has 0 saturated heterocycles. The Morgan fingerprint density at radius 3 is 2.53 bits per heavy atom. The van der Waals surface area contributed by atoms with Gasteiger partial charge in [0.1, 0.15) is 0 Å². The minimum atomic E-state index is 0.0269. The fraction of sp³-hybridized carbons (Fsp3) is 0.500. The van der Waals surface area contributed by atoms with Crippen LogP contribution in [0.2, 0.25) is 5.02 Å². The second-order valence-corrected chi connectivity index (χ2v) is 4.25. The SMILES string of the molecule is CCN(c1ccc(Cl)cc1CO)C(C)C. The van der Waals surface area contributed by atoms with Gasteiger partial charge in [0.15, 0.2) is 0 Å². The van der Waals surface area contributed by atoms with Gasteiger partial charge in [-0.3, -0.25) is 0 Å². The van der Waals surface area contributed by atoms with Crippen LogP contribution in [0.3, 0.4) is 0 Å². The Morgan fingerprint density at radius 2 is 2.07 bits per heavy atom. The molecule has 0 unspecified atom stereocenters. The van der Waals surface area contributed by atoms with Crippen molar-refractivity contribution in [2.75, 3.05) is 11.4 Å². The zero-order chi connectivity index (χ0) is 11.4. The molecule has 0 bridgehead atoms. The summed E-state index contributed by atoms with van der Waals surface area (Å²) >= 11 is 5.89. The Hall–Kier alpha value is -0.730. The first-order valence-electron chi connectivity index (χ1n) is 5.26. The molecular formula is C12H18ClNO. The first-order chi connectivity index (χ1) is 7.10. The highest BCUT2D eigenvalue weighted by Gasteiger charge is 2.12. The number of rotatable bonds is 4. The summed E-state index contributed by atoms with van der Waals surface area (Å²) in [5.41, 5.74) is 1.96. The van der Waals surface area contributed by atoms with E-state index < -0.39 is 0 Å². The second-order valence-electron chi connectivity index (χ2n) is 3.81. The van der Waals surface area contributed by atoms with Crippen LogP contribution in [0.5, 0.6) is 0 Å². The Labute approximate surface area is 96.5 Å². The zero-order valence-electron chi connectivity index (χ0n) is 9.50. The van der Waals surface area contributed by atoms with Gasteiger partial charge in [0.05, 0.1) is 6.61 Å². The number of hydrogen-bond acceptors (Lipinski definition) is 2. The summed E-state index contributed by atoms with van der Waals surface area (Å²) in [6.45, 7) is 7.33. The van der Waals surface area contributed by atoms with Gasteiger partial charge in [-0.2, -0.15) is 0 Å². The summed E-state index contributed by atoms with van der Waals surface area (Å²) in [6, 6.07) is 6.07. The Bertz CT molecular complexity index is 325. The van der Waals surface area contributed by atoms with E-state index in [0.29, 0.717) is 11.1 Å². The number of anilines is 1. The molecule has 0 spiro atoms. The van der Waals surface area contributed by atoms with E-state index in [4.69, 9.17) is 11.6 Å². The Balaban J connectivity index is 3.11.